The molecule has 1 heteroatoms. The molecule has 0 aromatic carbocycles. The van der Waals surface area contributed by atoms with Crippen LogP contribution in [0.3, 0.4) is 0 Å². The Kier molecular flexibility index (Phi) is 4.36. The van der Waals surface area contributed by atoms with Crippen LogP contribution in [0, 0.1) is 17.3 Å². The van der Waals surface area contributed by atoms with Gasteiger partial charge in [0.05, 0.1) is 0 Å². The van der Waals surface area contributed by atoms with E-state index in [4.69, 9.17) is 0 Å². The third-order valence-corrected chi connectivity index (χ3v) is 3.98. The van der Waals surface area contributed by atoms with E-state index in [2.05, 4.69) is 20.8 Å². The van der Waals surface area contributed by atoms with Gasteiger partial charge in [-0.2, -0.15) is 0 Å². The van der Waals surface area contributed by atoms with Crippen LogP contribution in [0.5, 0.6) is 0 Å². The third kappa shape index (κ3) is 4.36. The van der Waals surface area contributed by atoms with Crippen molar-refractivity contribution in [1.29, 1.82) is 0 Å². The first-order chi connectivity index (χ1) is 6.89. The van der Waals surface area contributed by atoms with Gasteiger partial charge in [0.25, 0.3) is 0 Å². The smallest absolute Gasteiger partial charge is 0.129 e. The largest absolute Gasteiger partial charge is 0.300 e. The number of ketones is 1. The highest BCUT2D eigenvalue weighted by atomic mass is 16.1. The molecule has 0 N–H and O–H groups in total. The lowest BCUT2D eigenvalue weighted by Gasteiger charge is -2.37. The predicted octanol–water partition coefficient (Wildman–Crippen LogP) is 4.21. The molecule has 1 aliphatic carbocycles. The highest BCUT2D eigenvalue weighted by Crippen LogP contribution is 2.40. The molecule has 15 heavy (non-hydrogen) atoms. The first-order valence-electron chi connectivity index (χ1n) is 6.39. The second-order valence-electron chi connectivity index (χ2n) is 6.32. The zero-order valence-corrected chi connectivity index (χ0v) is 10.8. The molecule has 0 aliphatic heterocycles. The molecule has 1 saturated carbocycles. The fourth-order valence-corrected chi connectivity index (χ4v) is 2.72. The minimum absolute atomic E-state index is 0.355. The molecule has 0 atom stereocenters. The van der Waals surface area contributed by atoms with Gasteiger partial charge >= 0.3 is 0 Å². The molecule has 0 saturated heterocycles. The van der Waals surface area contributed by atoms with Crippen molar-refractivity contribution in [2.24, 2.45) is 17.3 Å². The topological polar surface area (TPSA) is 17.1 Å². The summed E-state index contributed by atoms with van der Waals surface area (Å²) in [7, 11) is 0. The number of Topliss-reactive ketones (excluding diaryl/α,β-unsaturated/α-hetero) is 1. The minimum atomic E-state index is 0.355. The van der Waals surface area contributed by atoms with E-state index in [1.165, 1.54) is 25.7 Å². The van der Waals surface area contributed by atoms with Crippen molar-refractivity contribution < 1.29 is 4.79 Å². The van der Waals surface area contributed by atoms with E-state index in [1.807, 2.05) is 0 Å². The second kappa shape index (κ2) is 5.14. The normalized spacial score (nSPS) is 27.7. The second-order valence-corrected chi connectivity index (χ2v) is 6.32. The van der Waals surface area contributed by atoms with E-state index in [1.54, 1.807) is 6.92 Å². The highest BCUT2D eigenvalue weighted by Gasteiger charge is 2.29. The van der Waals surface area contributed by atoms with Crippen molar-refractivity contribution in [3.05, 3.63) is 0 Å². The number of rotatable bonds is 3. The molecule has 88 valence electrons. The Hall–Kier alpha value is -0.330. The lowest BCUT2D eigenvalue weighted by molar-refractivity contribution is -0.117. The first-order valence-corrected chi connectivity index (χ1v) is 6.39. The van der Waals surface area contributed by atoms with Gasteiger partial charge < -0.3 is 4.79 Å². The predicted molar refractivity (Wildman–Crippen MR) is 64.8 cm³/mol. The molecule has 0 spiro atoms. The van der Waals surface area contributed by atoms with Crippen molar-refractivity contribution in [1.82, 2.24) is 0 Å². The average molecular weight is 210 g/mol. The Morgan fingerprint density at radius 3 is 2.07 bits per heavy atom. The van der Waals surface area contributed by atoms with Crippen LogP contribution in [-0.4, -0.2) is 5.78 Å². The monoisotopic (exact) mass is 210 g/mol. The van der Waals surface area contributed by atoms with Crippen molar-refractivity contribution in [3.63, 3.8) is 0 Å². The van der Waals surface area contributed by atoms with Crippen LogP contribution in [0.2, 0.25) is 0 Å². The Balaban J connectivity index is 2.27. The maximum atomic E-state index is 10.9. The van der Waals surface area contributed by atoms with E-state index in [9.17, 15) is 4.79 Å². The van der Waals surface area contributed by atoms with Crippen molar-refractivity contribution in [3.8, 4) is 0 Å². The zero-order chi connectivity index (χ0) is 11.5. The molecular formula is C14H26O. The lowest BCUT2D eigenvalue weighted by atomic mass is 9.69. The number of hydrogen-bond acceptors (Lipinski definition) is 1. The Morgan fingerprint density at radius 1 is 1.13 bits per heavy atom. The molecule has 1 aliphatic rings. The molecule has 1 rings (SSSR count). The van der Waals surface area contributed by atoms with Gasteiger partial charge in [-0.05, 0) is 43.4 Å². The van der Waals surface area contributed by atoms with E-state index in [-0.39, 0.29) is 0 Å². The van der Waals surface area contributed by atoms with Crippen molar-refractivity contribution in [2.75, 3.05) is 0 Å². The van der Waals surface area contributed by atoms with Crippen LogP contribution in [0.25, 0.3) is 0 Å². The summed E-state index contributed by atoms with van der Waals surface area (Å²) < 4.78 is 0. The minimum Gasteiger partial charge on any atom is -0.300 e. The van der Waals surface area contributed by atoms with Crippen LogP contribution in [-0.2, 0) is 4.79 Å². The summed E-state index contributed by atoms with van der Waals surface area (Å²) in [6, 6.07) is 0. The molecule has 0 aromatic heterocycles. The summed E-state index contributed by atoms with van der Waals surface area (Å²) >= 11 is 0. The Morgan fingerprint density at radius 2 is 1.67 bits per heavy atom. The van der Waals surface area contributed by atoms with Crippen LogP contribution in [0.1, 0.15) is 66.2 Å². The summed E-state index contributed by atoms with van der Waals surface area (Å²) in [5.74, 6) is 2.08. The Labute approximate surface area is 94.6 Å². The van der Waals surface area contributed by atoms with Gasteiger partial charge in [-0.25, -0.2) is 0 Å². The van der Waals surface area contributed by atoms with Crippen LogP contribution in [0.15, 0.2) is 0 Å². The number of carbonyl (C=O) groups excluding carboxylic acids is 1. The van der Waals surface area contributed by atoms with E-state index in [0.29, 0.717) is 11.2 Å². The van der Waals surface area contributed by atoms with Crippen molar-refractivity contribution in [2.45, 2.75) is 66.2 Å². The van der Waals surface area contributed by atoms with Gasteiger partial charge in [-0.1, -0.05) is 33.6 Å². The van der Waals surface area contributed by atoms with Gasteiger partial charge in [0, 0.05) is 6.42 Å². The molecule has 0 heterocycles. The van der Waals surface area contributed by atoms with Crippen LogP contribution in [0.4, 0.5) is 0 Å². The fourth-order valence-electron chi connectivity index (χ4n) is 2.72. The Bertz CT molecular complexity index is 204. The SMILES string of the molecule is CC(=O)CCC1CCC(C(C)(C)C)CC1. The molecule has 1 fully saturated rings. The molecule has 0 radical (unpaired) electrons. The third-order valence-electron chi connectivity index (χ3n) is 3.98. The van der Waals surface area contributed by atoms with Gasteiger partial charge in [-0.15, -0.1) is 0 Å². The molecule has 0 aromatic rings. The lowest BCUT2D eigenvalue weighted by Crippen LogP contribution is -2.26. The standard InChI is InChI=1S/C14H26O/c1-11(15)5-6-12-7-9-13(10-8-12)14(2,3)4/h12-13H,5-10H2,1-4H3. The highest BCUT2D eigenvalue weighted by molar-refractivity contribution is 5.75. The van der Waals surface area contributed by atoms with Gasteiger partial charge in [0.15, 0.2) is 0 Å². The zero-order valence-electron chi connectivity index (χ0n) is 10.8. The van der Waals surface area contributed by atoms with Crippen molar-refractivity contribution >= 4 is 5.78 Å². The van der Waals surface area contributed by atoms with E-state index in [0.717, 1.165) is 24.7 Å². The summed E-state index contributed by atoms with van der Waals surface area (Å²) in [5.41, 5.74) is 0.478. The maximum absolute atomic E-state index is 10.9. The summed E-state index contributed by atoms with van der Waals surface area (Å²) in [6.45, 7) is 8.77. The van der Waals surface area contributed by atoms with Gasteiger partial charge in [-0.3, -0.25) is 0 Å². The van der Waals surface area contributed by atoms with Crippen LogP contribution >= 0.6 is 0 Å². The molecular weight excluding hydrogens is 184 g/mol. The summed E-state index contributed by atoms with van der Waals surface area (Å²) in [5, 5.41) is 0. The molecule has 0 bridgehead atoms. The average Bonchev–Trinajstić information content (AvgIpc) is 2.14. The quantitative estimate of drug-likeness (QED) is 0.682. The van der Waals surface area contributed by atoms with Gasteiger partial charge in [0.1, 0.15) is 5.78 Å². The number of carbonyl (C=O) groups is 1. The van der Waals surface area contributed by atoms with E-state index >= 15 is 0 Å². The summed E-state index contributed by atoms with van der Waals surface area (Å²) in [6.07, 6.45) is 7.35. The molecule has 0 amide bonds. The number of hydrogen-bond donors (Lipinski definition) is 0. The van der Waals surface area contributed by atoms with Crippen LogP contribution < -0.4 is 0 Å². The maximum Gasteiger partial charge on any atom is 0.129 e. The van der Waals surface area contributed by atoms with Gasteiger partial charge in [0.2, 0.25) is 0 Å². The molecule has 0 unspecified atom stereocenters. The molecule has 1 nitrogen and oxygen atoms in total. The fraction of sp³-hybridized carbons (Fsp3) is 0.929. The van der Waals surface area contributed by atoms with E-state index < -0.39 is 0 Å². The first kappa shape index (κ1) is 12.7. The summed E-state index contributed by atoms with van der Waals surface area (Å²) in [4.78, 5) is 10.9.